The van der Waals surface area contributed by atoms with E-state index < -0.39 is 40.7 Å². The Hall–Kier alpha value is -5.02. The first kappa shape index (κ1) is 30.4. The summed E-state index contributed by atoms with van der Waals surface area (Å²) in [7, 11) is 1.56. The Bertz CT molecular complexity index is 1680. The average molecular weight is 612 g/mol. The number of carbonyl (C=O) groups excluding carboxylic acids is 3. The molecule has 9 nitrogen and oxygen atoms in total. The molecule has 0 saturated carbocycles. The number of Topliss-reactive ketones (excluding diaryl/α,β-unsaturated/α-hetero) is 1. The second-order valence-electron chi connectivity index (χ2n) is 10.6. The monoisotopic (exact) mass is 611 g/mol. The summed E-state index contributed by atoms with van der Waals surface area (Å²) in [6, 6.07) is 26.6. The van der Waals surface area contributed by atoms with Gasteiger partial charge in [-0.1, -0.05) is 78.3 Å². The maximum atomic E-state index is 14.4. The summed E-state index contributed by atoms with van der Waals surface area (Å²) in [5, 5.41) is 14.8. The van der Waals surface area contributed by atoms with E-state index in [0.717, 1.165) is 5.56 Å². The number of nitro groups is 1. The topological polar surface area (TPSA) is 119 Å². The van der Waals surface area contributed by atoms with Crippen molar-refractivity contribution in [1.82, 2.24) is 10.2 Å². The molecule has 0 radical (unpaired) electrons. The quantitative estimate of drug-likeness (QED) is 0.138. The Morgan fingerprint density at radius 3 is 2.18 bits per heavy atom. The zero-order valence-electron chi connectivity index (χ0n) is 24.1. The summed E-state index contributed by atoms with van der Waals surface area (Å²) in [4.78, 5) is 54.5. The van der Waals surface area contributed by atoms with Crippen LogP contribution >= 0.6 is 11.6 Å². The molecule has 44 heavy (non-hydrogen) atoms. The lowest BCUT2D eigenvalue weighted by molar-refractivity contribution is -0.384. The Kier molecular flexibility index (Phi) is 9.06. The lowest BCUT2D eigenvalue weighted by atomic mass is 9.76. The summed E-state index contributed by atoms with van der Waals surface area (Å²) in [5.74, 6) is -2.23. The number of methoxy groups -OCH3 is 1. The molecule has 1 aliphatic rings. The zero-order chi connectivity index (χ0) is 31.4. The molecule has 1 saturated heterocycles. The van der Waals surface area contributed by atoms with Gasteiger partial charge in [-0.3, -0.25) is 24.5 Å². The van der Waals surface area contributed by atoms with E-state index in [0.29, 0.717) is 27.5 Å². The van der Waals surface area contributed by atoms with Gasteiger partial charge in [-0.05, 0) is 41.0 Å². The van der Waals surface area contributed by atoms with Crippen LogP contribution in [0.1, 0.15) is 45.9 Å². The van der Waals surface area contributed by atoms with E-state index in [2.05, 4.69) is 5.32 Å². The van der Waals surface area contributed by atoms with E-state index in [-0.39, 0.29) is 18.0 Å². The number of halogens is 1. The Balaban J connectivity index is 1.66. The van der Waals surface area contributed by atoms with Crippen LogP contribution in [-0.4, -0.2) is 40.6 Å². The number of carbonyl (C=O) groups is 3. The fourth-order valence-corrected chi connectivity index (χ4v) is 6.20. The fraction of sp³-hybridized carbons (Fsp3) is 0.206. The smallest absolute Gasteiger partial charge is 0.269 e. The highest BCUT2D eigenvalue weighted by Gasteiger charge is 2.56. The van der Waals surface area contributed by atoms with Crippen molar-refractivity contribution in [3.63, 3.8) is 0 Å². The van der Waals surface area contributed by atoms with Gasteiger partial charge in [0.05, 0.1) is 24.0 Å². The standard InChI is InChI=1S/C34H30ClN3O6/c1-21(39)37-31(25-9-6-10-26(35)19-25)30(33(40)24-7-4-3-5-8-24)29(23-13-15-27(16-14-23)38(42)43)32(37)34(41)36-20-22-11-17-28(44-2)18-12-22/h3-19,29-32H,20H2,1-2H3,(H,36,41). The minimum Gasteiger partial charge on any atom is -0.497 e. The molecular formula is C34H30ClN3O6. The molecule has 4 atom stereocenters. The van der Waals surface area contributed by atoms with Crippen LogP contribution in [-0.2, 0) is 16.1 Å². The SMILES string of the molecule is COc1ccc(CNC(=O)C2C(c3ccc([N+](=O)[O-])cc3)C(C(=O)c3ccccc3)C(c3cccc(Cl)c3)N2C(C)=O)cc1. The molecule has 1 fully saturated rings. The van der Waals surface area contributed by atoms with Gasteiger partial charge in [-0.25, -0.2) is 0 Å². The van der Waals surface area contributed by atoms with Crippen molar-refractivity contribution in [3.8, 4) is 5.75 Å². The molecule has 1 aliphatic heterocycles. The number of ether oxygens (including phenoxy) is 1. The highest BCUT2D eigenvalue weighted by atomic mass is 35.5. The molecule has 1 heterocycles. The maximum Gasteiger partial charge on any atom is 0.269 e. The third-order valence-electron chi connectivity index (χ3n) is 7.96. The number of nitro benzene ring substituents is 1. The normalized spacial score (nSPS) is 19.3. The number of amides is 2. The van der Waals surface area contributed by atoms with Gasteiger partial charge < -0.3 is 15.0 Å². The number of non-ortho nitro benzene ring substituents is 1. The van der Waals surface area contributed by atoms with Gasteiger partial charge in [0.25, 0.3) is 5.69 Å². The molecule has 10 heteroatoms. The van der Waals surface area contributed by atoms with Crippen LogP contribution in [0.2, 0.25) is 5.02 Å². The zero-order valence-corrected chi connectivity index (χ0v) is 24.8. The van der Waals surface area contributed by atoms with Crippen LogP contribution in [0.25, 0.3) is 0 Å². The first-order valence-corrected chi connectivity index (χ1v) is 14.4. The number of rotatable bonds is 9. The van der Waals surface area contributed by atoms with E-state index in [1.807, 2.05) is 12.1 Å². The van der Waals surface area contributed by atoms with Crippen LogP contribution in [0.5, 0.6) is 5.75 Å². The summed E-state index contributed by atoms with van der Waals surface area (Å²) < 4.78 is 5.22. The highest BCUT2D eigenvalue weighted by molar-refractivity contribution is 6.30. The molecule has 5 rings (SSSR count). The number of ketones is 1. The van der Waals surface area contributed by atoms with Gasteiger partial charge in [0.2, 0.25) is 11.8 Å². The maximum absolute atomic E-state index is 14.4. The molecule has 0 aliphatic carbocycles. The van der Waals surface area contributed by atoms with E-state index in [9.17, 15) is 24.5 Å². The number of benzene rings is 4. The number of hydrogen-bond acceptors (Lipinski definition) is 6. The van der Waals surface area contributed by atoms with Crippen LogP contribution in [0.4, 0.5) is 5.69 Å². The van der Waals surface area contributed by atoms with E-state index >= 15 is 0 Å². The Morgan fingerprint density at radius 2 is 1.59 bits per heavy atom. The molecule has 2 amide bonds. The third-order valence-corrected chi connectivity index (χ3v) is 8.20. The van der Waals surface area contributed by atoms with Crippen LogP contribution in [0.15, 0.2) is 103 Å². The second kappa shape index (κ2) is 13.1. The van der Waals surface area contributed by atoms with E-state index in [1.165, 1.54) is 24.0 Å². The summed E-state index contributed by atoms with van der Waals surface area (Å²) in [6.07, 6.45) is 0. The summed E-state index contributed by atoms with van der Waals surface area (Å²) >= 11 is 6.39. The van der Waals surface area contributed by atoms with E-state index in [1.54, 1.807) is 86.0 Å². The predicted molar refractivity (Wildman–Crippen MR) is 165 cm³/mol. The Labute approximate surface area is 259 Å². The average Bonchev–Trinajstić information content (AvgIpc) is 3.40. The van der Waals surface area contributed by atoms with Gasteiger partial charge in [0, 0.05) is 42.1 Å². The summed E-state index contributed by atoms with van der Waals surface area (Å²) in [5.41, 5.74) is 2.21. The van der Waals surface area contributed by atoms with Gasteiger partial charge >= 0.3 is 0 Å². The van der Waals surface area contributed by atoms with Crippen LogP contribution in [0.3, 0.4) is 0 Å². The second-order valence-corrected chi connectivity index (χ2v) is 11.0. The van der Waals surface area contributed by atoms with Crippen molar-refractivity contribution < 1.29 is 24.0 Å². The molecule has 224 valence electrons. The van der Waals surface area contributed by atoms with Crippen molar-refractivity contribution in [2.24, 2.45) is 5.92 Å². The number of nitrogens with one attached hydrogen (secondary N) is 1. The Morgan fingerprint density at radius 1 is 0.909 bits per heavy atom. The number of nitrogens with zero attached hydrogens (tertiary/aromatic N) is 2. The van der Waals surface area contributed by atoms with Gasteiger partial charge in [0.1, 0.15) is 11.8 Å². The lowest BCUT2D eigenvalue weighted by Gasteiger charge is -2.30. The minimum absolute atomic E-state index is 0.131. The third kappa shape index (κ3) is 6.18. The van der Waals surface area contributed by atoms with Crippen molar-refractivity contribution in [3.05, 3.63) is 141 Å². The van der Waals surface area contributed by atoms with Gasteiger partial charge in [0.15, 0.2) is 5.78 Å². The molecule has 0 spiro atoms. The lowest BCUT2D eigenvalue weighted by Crippen LogP contribution is -2.47. The molecule has 0 bridgehead atoms. The number of likely N-dealkylation sites (tertiary alicyclic amines) is 1. The largest absolute Gasteiger partial charge is 0.497 e. The van der Waals surface area contributed by atoms with Gasteiger partial charge in [-0.15, -0.1) is 0 Å². The fourth-order valence-electron chi connectivity index (χ4n) is 6.00. The first-order chi connectivity index (χ1) is 21.2. The van der Waals surface area contributed by atoms with E-state index in [4.69, 9.17) is 16.3 Å². The van der Waals surface area contributed by atoms with Gasteiger partial charge in [-0.2, -0.15) is 0 Å². The molecule has 4 aromatic rings. The van der Waals surface area contributed by atoms with Crippen molar-refractivity contribution in [1.29, 1.82) is 0 Å². The minimum atomic E-state index is -1.12. The van der Waals surface area contributed by atoms with Crippen molar-refractivity contribution >= 4 is 34.9 Å². The first-order valence-electron chi connectivity index (χ1n) is 14.0. The molecular weight excluding hydrogens is 582 g/mol. The highest BCUT2D eigenvalue weighted by Crippen LogP contribution is 2.51. The number of hydrogen-bond donors (Lipinski definition) is 1. The summed E-state index contributed by atoms with van der Waals surface area (Å²) in [6.45, 7) is 1.53. The molecule has 0 aromatic heterocycles. The molecule has 1 N–H and O–H groups in total. The molecule has 4 aromatic carbocycles. The van der Waals surface area contributed by atoms with Crippen LogP contribution in [0, 0.1) is 16.0 Å². The predicted octanol–water partition coefficient (Wildman–Crippen LogP) is 6.13. The molecule has 4 unspecified atom stereocenters. The van der Waals surface area contributed by atoms with Crippen LogP contribution < -0.4 is 10.1 Å². The van der Waals surface area contributed by atoms with Crippen molar-refractivity contribution in [2.45, 2.75) is 31.5 Å². The van der Waals surface area contributed by atoms with Crippen molar-refractivity contribution in [2.75, 3.05) is 7.11 Å².